The molecule has 0 saturated heterocycles. The van der Waals surface area contributed by atoms with E-state index in [4.69, 9.17) is 5.11 Å². The van der Waals surface area contributed by atoms with Crippen LogP contribution in [0, 0.1) is 5.82 Å². The Bertz CT molecular complexity index is 1040. The second-order valence-corrected chi connectivity index (χ2v) is 5.80. The van der Waals surface area contributed by atoms with Crippen molar-refractivity contribution < 1.29 is 14.3 Å². The molecule has 0 atom stereocenters. The highest BCUT2D eigenvalue weighted by molar-refractivity contribution is 5.79. The zero-order chi connectivity index (χ0) is 18.5. The first kappa shape index (κ1) is 17.5. The molecule has 1 N–H and O–H groups in total. The Kier molecular flexibility index (Phi) is 5.22. The first-order chi connectivity index (χ1) is 12.6. The van der Waals surface area contributed by atoms with Gasteiger partial charge < -0.3 is 5.11 Å². The molecule has 5 nitrogen and oxygen atoms in total. The van der Waals surface area contributed by atoms with E-state index in [-0.39, 0.29) is 24.3 Å². The Morgan fingerprint density at radius 2 is 1.85 bits per heavy atom. The molecule has 0 aliphatic heterocycles. The fourth-order valence-corrected chi connectivity index (χ4v) is 2.69. The third-order valence-corrected chi connectivity index (χ3v) is 3.98. The normalized spacial score (nSPS) is 11.3. The quantitative estimate of drug-likeness (QED) is 0.736. The molecule has 0 aliphatic rings. The maximum atomic E-state index is 13.8. The highest BCUT2D eigenvalue weighted by Gasteiger charge is 2.10. The van der Waals surface area contributed by atoms with Crippen LogP contribution in [0.25, 0.3) is 23.1 Å². The van der Waals surface area contributed by atoms with Gasteiger partial charge in [-0.3, -0.25) is 14.2 Å². The number of aliphatic carboxylic acids is 1. The molecule has 3 rings (SSSR count). The van der Waals surface area contributed by atoms with E-state index in [1.54, 1.807) is 54.6 Å². The van der Waals surface area contributed by atoms with E-state index in [0.29, 0.717) is 28.7 Å². The van der Waals surface area contributed by atoms with Crippen molar-refractivity contribution in [1.29, 1.82) is 0 Å². The highest BCUT2D eigenvalue weighted by Crippen LogP contribution is 2.13. The van der Waals surface area contributed by atoms with Crippen molar-refractivity contribution in [3.8, 4) is 0 Å². The molecule has 1 aromatic heterocycles. The Morgan fingerprint density at radius 1 is 1.12 bits per heavy atom. The van der Waals surface area contributed by atoms with Crippen molar-refractivity contribution in [3.05, 3.63) is 76.1 Å². The molecular weight excluding hydrogens is 335 g/mol. The van der Waals surface area contributed by atoms with E-state index < -0.39 is 5.97 Å². The monoisotopic (exact) mass is 352 g/mol. The van der Waals surface area contributed by atoms with Crippen LogP contribution in [0.15, 0.2) is 53.3 Å². The minimum Gasteiger partial charge on any atom is -0.481 e. The summed E-state index contributed by atoms with van der Waals surface area (Å²) in [5.41, 5.74) is 0.682. The van der Waals surface area contributed by atoms with Gasteiger partial charge in [0.1, 0.15) is 11.6 Å². The molecule has 0 fully saturated rings. The van der Waals surface area contributed by atoms with Crippen molar-refractivity contribution in [3.63, 3.8) is 0 Å². The van der Waals surface area contributed by atoms with E-state index in [0.717, 1.165) is 0 Å². The molecular formula is C20H17FN2O3. The van der Waals surface area contributed by atoms with Gasteiger partial charge in [-0.15, -0.1) is 0 Å². The number of carboxylic acid groups (broad SMARTS) is 1. The van der Waals surface area contributed by atoms with Gasteiger partial charge in [-0.05, 0) is 36.8 Å². The van der Waals surface area contributed by atoms with E-state index in [2.05, 4.69) is 4.98 Å². The van der Waals surface area contributed by atoms with E-state index >= 15 is 0 Å². The Labute approximate surface area is 149 Å². The third kappa shape index (κ3) is 3.85. The van der Waals surface area contributed by atoms with Gasteiger partial charge in [0.15, 0.2) is 0 Å². The average Bonchev–Trinajstić information content (AvgIpc) is 2.63. The maximum Gasteiger partial charge on any atom is 0.303 e. The van der Waals surface area contributed by atoms with Crippen LogP contribution in [0.1, 0.15) is 24.2 Å². The van der Waals surface area contributed by atoms with Crippen molar-refractivity contribution in [2.24, 2.45) is 0 Å². The number of nitrogens with zero attached hydrogens (tertiary/aromatic N) is 2. The van der Waals surface area contributed by atoms with Crippen molar-refractivity contribution >= 4 is 29.0 Å². The first-order valence-corrected chi connectivity index (χ1v) is 8.20. The van der Waals surface area contributed by atoms with Crippen molar-refractivity contribution in [2.45, 2.75) is 19.4 Å². The summed E-state index contributed by atoms with van der Waals surface area (Å²) in [6.07, 6.45) is 3.39. The maximum absolute atomic E-state index is 13.8. The van der Waals surface area contributed by atoms with Crippen LogP contribution in [0.4, 0.5) is 4.39 Å². The fraction of sp³-hybridized carbons (Fsp3) is 0.150. The van der Waals surface area contributed by atoms with Crippen LogP contribution >= 0.6 is 0 Å². The predicted molar refractivity (Wildman–Crippen MR) is 98.2 cm³/mol. The average molecular weight is 352 g/mol. The molecule has 6 heteroatoms. The number of rotatable bonds is 6. The zero-order valence-electron chi connectivity index (χ0n) is 13.9. The third-order valence-electron chi connectivity index (χ3n) is 3.98. The van der Waals surface area contributed by atoms with Crippen LogP contribution in [-0.4, -0.2) is 20.6 Å². The van der Waals surface area contributed by atoms with Crippen molar-refractivity contribution in [1.82, 2.24) is 9.55 Å². The van der Waals surface area contributed by atoms with E-state index in [1.165, 1.54) is 10.6 Å². The highest BCUT2D eigenvalue weighted by atomic mass is 19.1. The molecule has 0 radical (unpaired) electrons. The summed E-state index contributed by atoms with van der Waals surface area (Å²) < 4.78 is 15.2. The van der Waals surface area contributed by atoms with E-state index in [9.17, 15) is 14.0 Å². The van der Waals surface area contributed by atoms with Crippen LogP contribution in [0.5, 0.6) is 0 Å². The first-order valence-electron chi connectivity index (χ1n) is 8.20. The number of aromatic nitrogens is 2. The Balaban J connectivity index is 2.05. The Morgan fingerprint density at radius 3 is 2.62 bits per heavy atom. The fourth-order valence-electron chi connectivity index (χ4n) is 2.69. The lowest BCUT2D eigenvalue weighted by molar-refractivity contribution is -0.137. The number of carboxylic acids is 1. The molecule has 132 valence electrons. The van der Waals surface area contributed by atoms with Gasteiger partial charge in [0.2, 0.25) is 0 Å². The van der Waals surface area contributed by atoms with Crippen LogP contribution < -0.4 is 5.56 Å². The molecule has 0 unspecified atom stereocenters. The molecule has 3 aromatic rings. The predicted octanol–water partition coefficient (Wildman–Crippen LogP) is 3.57. The minimum atomic E-state index is -0.921. The molecule has 0 amide bonds. The number of para-hydroxylation sites is 1. The summed E-state index contributed by atoms with van der Waals surface area (Å²) in [7, 11) is 0. The van der Waals surface area contributed by atoms with Gasteiger partial charge in [-0.25, -0.2) is 9.37 Å². The number of hydrogen-bond acceptors (Lipinski definition) is 3. The number of hydrogen-bond donors (Lipinski definition) is 1. The SMILES string of the molecule is O=C(O)CCCn1c(/C=C/c2ccccc2F)nc2ccccc2c1=O. The molecule has 0 spiro atoms. The largest absolute Gasteiger partial charge is 0.481 e. The van der Waals surface area contributed by atoms with Gasteiger partial charge in [-0.1, -0.05) is 30.3 Å². The number of halogens is 1. The standard InChI is InChI=1S/C20H17FN2O3/c21-16-8-3-1-6-14(16)11-12-18-22-17-9-4-2-7-15(17)20(26)23(18)13-5-10-19(24)25/h1-4,6-9,11-12H,5,10,13H2,(H,24,25)/b12-11+. The summed E-state index contributed by atoms with van der Waals surface area (Å²) in [5.74, 6) is -0.929. The second kappa shape index (κ2) is 7.74. The number of benzene rings is 2. The number of carbonyl (C=O) groups is 1. The summed E-state index contributed by atoms with van der Waals surface area (Å²) in [6.45, 7) is 0.222. The van der Waals surface area contributed by atoms with Gasteiger partial charge in [-0.2, -0.15) is 0 Å². The molecule has 2 aromatic carbocycles. The molecule has 0 aliphatic carbocycles. The lowest BCUT2D eigenvalue weighted by Crippen LogP contribution is -2.24. The van der Waals surface area contributed by atoms with Crippen LogP contribution in [0.3, 0.4) is 0 Å². The zero-order valence-corrected chi connectivity index (χ0v) is 13.9. The van der Waals surface area contributed by atoms with Gasteiger partial charge in [0, 0.05) is 18.5 Å². The summed E-state index contributed by atoms with van der Waals surface area (Å²) >= 11 is 0. The van der Waals surface area contributed by atoms with Gasteiger partial charge in [0.05, 0.1) is 10.9 Å². The molecule has 26 heavy (non-hydrogen) atoms. The van der Waals surface area contributed by atoms with Crippen molar-refractivity contribution in [2.75, 3.05) is 0 Å². The summed E-state index contributed by atoms with van der Waals surface area (Å²) in [6, 6.07) is 13.3. The smallest absolute Gasteiger partial charge is 0.303 e. The Hall–Kier alpha value is -3.28. The summed E-state index contributed by atoms with van der Waals surface area (Å²) in [5, 5.41) is 9.29. The topological polar surface area (TPSA) is 72.2 Å². The summed E-state index contributed by atoms with van der Waals surface area (Å²) in [4.78, 5) is 28.0. The second-order valence-electron chi connectivity index (χ2n) is 5.80. The van der Waals surface area contributed by atoms with E-state index in [1.807, 2.05) is 0 Å². The lowest BCUT2D eigenvalue weighted by Gasteiger charge is -2.10. The van der Waals surface area contributed by atoms with Gasteiger partial charge in [0.25, 0.3) is 5.56 Å². The van der Waals surface area contributed by atoms with Crippen LogP contribution in [0.2, 0.25) is 0 Å². The number of fused-ring (bicyclic) bond motifs is 1. The minimum absolute atomic E-state index is 0.0459. The molecule has 1 heterocycles. The molecule has 0 bridgehead atoms. The van der Waals surface area contributed by atoms with Gasteiger partial charge >= 0.3 is 5.97 Å². The lowest BCUT2D eigenvalue weighted by atomic mass is 10.2. The molecule has 0 saturated carbocycles. The van der Waals surface area contributed by atoms with Crippen LogP contribution in [-0.2, 0) is 11.3 Å².